The maximum Gasteiger partial charge on any atom is 0.307 e. The van der Waals surface area contributed by atoms with E-state index in [4.69, 9.17) is 4.74 Å². The molecule has 6 nitrogen and oxygen atoms in total. The molecule has 6 heteroatoms. The molecule has 136 valence electrons. The molecule has 2 rings (SSSR count). The van der Waals surface area contributed by atoms with Crippen LogP contribution in [-0.4, -0.2) is 55.5 Å². The van der Waals surface area contributed by atoms with Crippen LogP contribution in [0.2, 0.25) is 0 Å². The van der Waals surface area contributed by atoms with E-state index in [2.05, 4.69) is 4.74 Å². The Bertz CT molecular complexity index is 581. The highest BCUT2D eigenvalue weighted by Gasteiger charge is 2.23. The standard InChI is InChI=1S/C19H25NO5/c1-24-19(23)11-12-20(14-16-8-5-13-25-16)18(22)10-9-17(21)15-6-3-2-4-7-15/h2-4,6-7,16H,5,8-14H2,1H3. The number of nitrogens with zero attached hydrogens (tertiary/aromatic N) is 1. The number of ketones is 1. The Labute approximate surface area is 148 Å². The lowest BCUT2D eigenvalue weighted by molar-refractivity contribution is -0.142. The highest BCUT2D eigenvalue weighted by molar-refractivity contribution is 5.97. The van der Waals surface area contributed by atoms with Crippen LogP contribution in [0.3, 0.4) is 0 Å². The molecule has 1 aromatic carbocycles. The van der Waals surface area contributed by atoms with E-state index < -0.39 is 0 Å². The summed E-state index contributed by atoms with van der Waals surface area (Å²) in [6.07, 6.45) is 2.32. The van der Waals surface area contributed by atoms with Crippen LogP contribution in [0.25, 0.3) is 0 Å². The number of esters is 1. The number of amides is 1. The minimum Gasteiger partial charge on any atom is -0.469 e. The van der Waals surface area contributed by atoms with Crippen molar-refractivity contribution in [1.29, 1.82) is 0 Å². The molecule has 1 heterocycles. The fraction of sp³-hybridized carbons (Fsp3) is 0.526. The van der Waals surface area contributed by atoms with E-state index in [1.165, 1.54) is 7.11 Å². The van der Waals surface area contributed by atoms with Gasteiger partial charge >= 0.3 is 5.97 Å². The third-order valence-corrected chi connectivity index (χ3v) is 4.28. The molecule has 1 atom stereocenters. The van der Waals surface area contributed by atoms with Crippen LogP contribution < -0.4 is 0 Å². The second kappa shape index (κ2) is 9.93. The molecule has 0 bridgehead atoms. The summed E-state index contributed by atoms with van der Waals surface area (Å²) in [5.74, 6) is -0.548. The van der Waals surface area contributed by atoms with Gasteiger partial charge in [-0.15, -0.1) is 0 Å². The number of Topliss-reactive ketones (excluding diaryl/α,β-unsaturated/α-hetero) is 1. The minimum absolute atomic E-state index is 0.00595. The molecule has 1 aromatic rings. The molecule has 0 radical (unpaired) electrons. The molecular weight excluding hydrogens is 322 g/mol. The topological polar surface area (TPSA) is 72.9 Å². The molecule has 1 aliphatic heterocycles. The lowest BCUT2D eigenvalue weighted by Gasteiger charge is -2.25. The van der Waals surface area contributed by atoms with E-state index in [1.54, 1.807) is 29.2 Å². The second-order valence-electron chi connectivity index (χ2n) is 6.09. The van der Waals surface area contributed by atoms with Gasteiger partial charge in [0.25, 0.3) is 0 Å². The van der Waals surface area contributed by atoms with E-state index in [1.807, 2.05) is 6.07 Å². The Balaban J connectivity index is 1.88. The van der Waals surface area contributed by atoms with Gasteiger partial charge in [0.05, 0.1) is 19.6 Å². The highest BCUT2D eigenvalue weighted by atomic mass is 16.5. The predicted octanol–water partition coefficient (Wildman–Crippen LogP) is 2.22. The van der Waals surface area contributed by atoms with Crippen molar-refractivity contribution in [2.24, 2.45) is 0 Å². The lowest BCUT2D eigenvalue weighted by Crippen LogP contribution is -2.39. The van der Waals surface area contributed by atoms with E-state index >= 15 is 0 Å². The lowest BCUT2D eigenvalue weighted by atomic mass is 10.1. The molecule has 1 aliphatic rings. The van der Waals surface area contributed by atoms with E-state index in [0.717, 1.165) is 12.8 Å². The number of methoxy groups -OCH3 is 1. The number of carbonyl (C=O) groups excluding carboxylic acids is 3. The third-order valence-electron chi connectivity index (χ3n) is 4.28. The first-order valence-corrected chi connectivity index (χ1v) is 8.64. The van der Waals surface area contributed by atoms with E-state index in [9.17, 15) is 14.4 Å². The summed E-state index contributed by atoms with van der Waals surface area (Å²) < 4.78 is 10.2. The van der Waals surface area contributed by atoms with Crippen LogP contribution in [-0.2, 0) is 19.1 Å². The molecule has 0 aromatic heterocycles. The summed E-state index contributed by atoms with van der Waals surface area (Å²) in [5.41, 5.74) is 0.607. The summed E-state index contributed by atoms with van der Waals surface area (Å²) in [6.45, 7) is 1.44. The van der Waals surface area contributed by atoms with Gasteiger partial charge in [-0.3, -0.25) is 14.4 Å². The van der Waals surface area contributed by atoms with Gasteiger partial charge in [-0.2, -0.15) is 0 Å². The van der Waals surface area contributed by atoms with Gasteiger partial charge < -0.3 is 14.4 Å². The molecule has 25 heavy (non-hydrogen) atoms. The maximum atomic E-state index is 12.5. The van der Waals surface area contributed by atoms with Crippen molar-refractivity contribution in [3.63, 3.8) is 0 Å². The number of ether oxygens (including phenoxy) is 2. The van der Waals surface area contributed by atoms with Crippen LogP contribution in [0.15, 0.2) is 30.3 Å². The summed E-state index contributed by atoms with van der Waals surface area (Å²) >= 11 is 0. The van der Waals surface area contributed by atoms with Crippen LogP contribution in [0.1, 0.15) is 42.5 Å². The third kappa shape index (κ3) is 6.31. The van der Waals surface area contributed by atoms with Crippen LogP contribution in [0, 0.1) is 0 Å². The van der Waals surface area contributed by atoms with Gasteiger partial charge in [0.2, 0.25) is 5.91 Å². The van der Waals surface area contributed by atoms with Gasteiger partial charge in [-0.1, -0.05) is 30.3 Å². The molecule has 1 fully saturated rings. The average Bonchev–Trinajstić information content (AvgIpc) is 3.16. The number of rotatable bonds is 9. The van der Waals surface area contributed by atoms with Crippen LogP contribution >= 0.6 is 0 Å². The van der Waals surface area contributed by atoms with Crippen molar-refractivity contribution in [3.05, 3.63) is 35.9 Å². The zero-order chi connectivity index (χ0) is 18.1. The molecule has 0 aliphatic carbocycles. The molecular formula is C19H25NO5. The number of hydrogen-bond acceptors (Lipinski definition) is 5. The Kier molecular flexibility index (Phi) is 7.60. The summed E-state index contributed by atoms with van der Waals surface area (Å²) in [6, 6.07) is 8.94. The zero-order valence-corrected chi connectivity index (χ0v) is 14.6. The Morgan fingerprint density at radius 2 is 1.92 bits per heavy atom. The van der Waals surface area contributed by atoms with Crippen LogP contribution in [0.5, 0.6) is 0 Å². The summed E-state index contributed by atoms with van der Waals surface area (Å²) in [5, 5.41) is 0. The maximum absolute atomic E-state index is 12.5. The average molecular weight is 347 g/mol. The van der Waals surface area contributed by atoms with Gasteiger partial charge in [0.1, 0.15) is 0 Å². The predicted molar refractivity (Wildman–Crippen MR) is 92.2 cm³/mol. The van der Waals surface area contributed by atoms with Crippen molar-refractivity contribution < 1.29 is 23.9 Å². The normalized spacial score (nSPS) is 16.4. The molecule has 1 amide bonds. The quantitative estimate of drug-likeness (QED) is 0.506. The van der Waals surface area contributed by atoms with Crippen molar-refractivity contribution in [3.8, 4) is 0 Å². The Morgan fingerprint density at radius 1 is 1.16 bits per heavy atom. The van der Waals surface area contributed by atoms with Crippen LogP contribution in [0.4, 0.5) is 0 Å². The highest BCUT2D eigenvalue weighted by Crippen LogP contribution is 2.15. The minimum atomic E-state index is -0.356. The van der Waals surface area contributed by atoms with Crippen molar-refractivity contribution >= 4 is 17.7 Å². The van der Waals surface area contributed by atoms with Crippen molar-refractivity contribution in [1.82, 2.24) is 4.90 Å². The van der Waals surface area contributed by atoms with Crippen molar-refractivity contribution in [2.45, 2.75) is 38.2 Å². The SMILES string of the molecule is COC(=O)CCN(CC1CCCO1)C(=O)CCC(=O)c1ccccc1. The van der Waals surface area contributed by atoms with Gasteiger partial charge in [-0.05, 0) is 12.8 Å². The second-order valence-corrected chi connectivity index (χ2v) is 6.09. The Morgan fingerprint density at radius 3 is 2.56 bits per heavy atom. The molecule has 1 saturated heterocycles. The smallest absolute Gasteiger partial charge is 0.307 e. The monoisotopic (exact) mass is 347 g/mol. The number of hydrogen-bond donors (Lipinski definition) is 0. The summed E-state index contributed by atoms with van der Waals surface area (Å²) in [4.78, 5) is 37.7. The fourth-order valence-electron chi connectivity index (χ4n) is 2.83. The molecule has 0 spiro atoms. The van der Waals surface area contributed by atoms with Gasteiger partial charge in [0, 0.05) is 38.1 Å². The largest absolute Gasteiger partial charge is 0.469 e. The van der Waals surface area contributed by atoms with Gasteiger partial charge in [0.15, 0.2) is 5.78 Å². The first-order valence-electron chi connectivity index (χ1n) is 8.64. The summed E-state index contributed by atoms with van der Waals surface area (Å²) in [7, 11) is 1.33. The van der Waals surface area contributed by atoms with Crippen molar-refractivity contribution in [2.75, 3.05) is 26.8 Å². The van der Waals surface area contributed by atoms with Gasteiger partial charge in [-0.25, -0.2) is 0 Å². The van der Waals surface area contributed by atoms with E-state index in [0.29, 0.717) is 18.7 Å². The molecule has 1 unspecified atom stereocenters. The first kappa shape index (κ1) is 19.1. The fourth-order valence-corrected chi connectivity index (χ4v) is 2.83. The molecule has 0 N–H and O–H groups in total. The zero-order valence-electron chi connectivity index (χ0n) is 14.6. The molecule has 0 saturated carbocycles. The number of carbonyl (C=O) groups is 3. The van der Waals surface area contributed by atoms with E-state index in [-0.39, 0.29) is 49.6 Å². The first-order chi connectivity index (χ1) is 12.1. The Hall–Kier alpha value is -2.21. The number of benzene rings is 1.